The molecule has 0 amide bonds. The molecule has 0 aliphatic rings. The van der Waals surface area contributed by atoms with Gasteiger partial charge in [-0.25, -0.2) is 0 Å². The summed E-state index contributed by atoms with van der Waals surface area (Å²) in [7, 11) is -2.58. The van der Waals surface area contributed by atoms with E-state index < -0.39 is 7.37 Å². The molecule has 1 unspecified atom stereocenters. The predicted octanol–water partition coefficient (Wildman–Crippen LogP) is 6.36. The summed E-state index contributed by atoms with van der Waals surface area (Å²) < 4.78 is 17.9. The highest BCUT2D eigenvalue weighted by Crippen LogP contribution is 2.46. The van der Waals surface area contributed by atoms with Gasteiger partial charge in [0.25, 0.3) is 0 Å². The molecule has 3 heteroatoms. The average molecular weight is 320 g/mol. The number of hydrogen-bond donors (Lipinski definition) is 0. The molecule has 0 bridgehead atoms. The first-order chi connectivity index (χ1) is 10.7. The van der Waals surface area contributed by atoms with Gasteiger partial charge in [-0.15, -0.1) is 0 Å². The minimum Gasteiger partial charge on any atom is -0.324 e. The second-order valence-corrected chi connectivity index (χ2v) is 7.02. The lowest BCUT2D eigenvalue weighted by Gasteiger charge is -2.14. The van der Waals surface area contributed by atoms with Crippen molar-refractivity contribution in [3.8, 4) is 0 Å². The van der Waals surface area contributed by atoms with Crippen LogP contribution in [-0.2, 0) is 21.9 Å². The first-order valence-corrected chi connectivity index (χ1v) is 10.2. The molecule has 2 rings (SSSR count). The molecule has 0 saturated carbocycles. The van der Waals surface area contributed by atoms with Gasteiger partial charge in [-0.3, -0.25) is 4.57 Å². The maximum Gasteiger partial charge on any atom is 0.204 e. The minimum atomic E-state index is -2.58. The lowest BCUT2D eigenvalue weighted by molar-refractivity contribution is 0.305. The Morgan fingerprint density at radius 2 is 1.18 bits per heavy atom. The summed E-state index contributed by atoms with van der Waals surface area (Å²) in [5, 5.41) is 0. The maximum absolute atomic E-state index is 12.3. The van der Waals surface area contributed by atoms with Gasteiger partial charge in [0.15, 0.2) is 0 Å². The number of hydrogen-bond acceptors (Lipinski definition) is 2. The molecular weight excluding hydrogens is 291 g/mol. The van der Waals surface area contributed by atoms with E-state index in [9.17, 15) is 4.57 Å². The Morgan fingerprint density at radius 1 is 0.773 bits per heavy atom. The fraction of sp³-hybridized carbons (Fsp3) is 0.368. The first-order valence-electron chi connectivity index (χ1n) is 7.95. The topological polar surface area (TPSA) is 26.3 Å². The number of benzene rings is 2. The van der Waals surface area contributed by atoms with Gasteiger partial charge in [-0.2, -0.15) is 0 Å². The average Bonchev–Trinajstić information content (AvgIpc) is 2.58. The Bertz CT molecular complexity index is 524. The molecule has 0 saturated heterocycles. The van der Waals surface area contributed by atoms with Crippen LogP contribution in [-0.4, -0.2) is 6.66 Å². The Morgan fingerprint density at radius 3 is 1.64 bits per heavy atom. The van der Waals surface area contributed by atoms with Crippen LogP contribution in [0.1, 0.15) is 38.8 Å². The molecule has 122 valence electrons. The fourth-order valence-corrected chi connectivity index (χ4v) is 3.13. The zero-order valence-electron chi connectivity index (χ0n) is 14.5. The molecule has 0 spiro atoms. The van der Waals surface area contributed by atoms with Crippen LogP contribution < -0.4 is 0 Å². The van der Waals surface area contributed by atoms with E-state index in [1.165, 1.54) is 0 Å². The Labute approximate surface area is 136 Å². The molecule has 0 fully saturated rings. The van der Waals surface area contributed by atoms with Crippen molar-refractivity contribution in [3.05, 3.63) is 71.8 Å². The third-order valence-electron chi connectivity index (χ3n) is 2.66. The van der Waals surface area contributed by atoms with E-state index in [0.717, 1.165) is 11.1 Å². The van der Waals surface area contributed by atoms with Crippen LogP contribution in [0.4, 0.5) is 0 Å². The Hall–Kier alpha value is -1.37. The first kappa shape index (κ1) is 20.6. The molecule has 1 atom stereocenters. The van der Waals surface area contributed by atoms with Gasteiger partial charge in [0, 0.05) is 12.8 Å². The van der Waals surface area contributed by atoms with Gasteiger partial charge in [0.05, 0.1) is 6.61 Å². The van der Waals surface area contributed by atoms with Crippen LogP contribution in [0.2, 0.25) is 0 Å². The van der Waals surface area contributed by atoms with Gasteiger partial charge in [0.2, 0.25) is 7.37 Å². The second-order valence-electron chi connectivity index (χ2n) is 4.42. The third-order valence-corrected chi connectivity index (χ3v) is 4.27. The summed E-state index contributed by atoms with van der Waals surface area (Å²) in [6.07, 6.45) is 0.487. The van der Waals surface area contributed by atoms with Gasteiger partial charge >= 0.3 is 0 Å². The molecule has 0 heterocycles. The maximum atomic E-state index is 12.3. The van der Waals surface area contributed by atoms with Crippen molar-refractivity contribution in [2.75, 3.05) is 6.66 Å². The lowest BCUT2D eigenvalue weighted by Crippen LogP contribution is -1.94. The van der Waals surface area contributed by atoms with E-state index in [-0.39, 0.29) is 0 Å². The summed E-state index contributed by atoms with van der Waals surface area (Å²) >= 11 is 0. The molecule has 2 aromatic carbocycles. The highest BCUT2D eigenvalue weighted by Gasteiger charge is 2.16. The van der Waals surface area contributed by atoms with Crippen molar-refractivity contribution < 1.29 is 9.09 Å². The largest absolute Gasteiger partial charge is 0.324 e. The van der Waals surface area contributed by atoms with Crippen molar-refractivity contribution in [3.63, 3.8) is 0 Å². The third kappa shape index (κ3) is 8.81. The molecule has 0 radical (unpaired) electrons. The quantitative estimate of drug-likeness (QED) is 0.599. The van der Waals surface area contributed by atoms with E-state index in [2.05, 4.69) is 0 Å². The van der Waals surface area contributed by atoms with Crippen molar-refractivity contribution in [1.82, 2.24) is 0 Å². The SMILES string of the molecule is CC.CC.CP(=O)(Cc1ccccc1)OCc1ccccc1. The predicted molar refractivity (Wildman–Crippen MR) is 97.6 cm³/mol. The van der Waals surface area contributed by atoms with Crippen molar-refractivity contribution in [2.45, 2.75) is 40.5 Å². The van der Waals surface area contributed by atoms with E-state index in [1.54, 1.807) is 6.66 Å². The van der Waals surface area contributed by atoms with E-state index in [1.807, 2.05) is 88.4 Å². The van der Waals surface area contributed by atoms with Gasteiger partial charge < -0.3 is 4.52 Å². The van der Waals surface area contributed by atoms with Gasteiger partial charge in [0.1, 0.15) is 0 Å². The lowest BCUT2D eigenvalue weighted by atomic mass is 10.2. The van der Waals surface area contributed by atoms with Crippen LogP contribution in [0.25, 0.3) is 0 Å². The van der Waals surface area contributed by atoms with E-state index in [4.69, 9.17) is 4.52 Å². The van der Waals surface area contributed by atoms with Crippen molar-refractivity contribution in [1.29, 1.82) is 0 Å². The summed E-state index contributed by atoms with van der Waals surface area (Å²) in [6.45, 7) is 10.1. The Kier molecular flexibility index (Phi) is 11.4. The summed E-state index contributed by atoms with van der Waals surface area (Å²) in [5.74, 6) is 0. The standard InChI is InChI=1S/C15H17O2P.2C2H6/c1-18(16,13-15-10-6-3-7-11-15)17-12-14-8-4-2-5-9-14;2*1-2/h2-11H,12-13H2,1H3;2*1-2H3. The molecule has 0 N–H and O–H groups in total. The van der Waals surface area contributed by atoms with Crippen molar-refractivity contribution >= 4 is 7.37 Å². The highest BCUT2D eigenvalue weighted by atomic mass is 31.2. The van der Waals surface area contributed by atoms with E-state index >= 15 is 0 Å². The van der Waals surface area contributed by atoms with Crippen LogP contribution in [0.15, 0.2) is 60.7 Å². The highest BCUT2D eigenvalue weighted by molar-refractivity contribution is 7.57. The number of rotatable bonds is 5. The van der Waals surface area contributed by atoms with Gasteiger partial charge in [-0.1, -0.05) is 88.4 Å². The zero-order valence-corrected chi connectivity index (χ0v) is 15.3. The summed E-state index contributed by atoms with van der Waals surface area (Å²) in [6, 6.07) is 19.6. The fourth-order valence-electron chi connectivity index (χ4n) is 1.75. The molecule has 22 heavy (non-hydrogen) atoms. The van der Waals surface area contributed by atoms with Crippen LogP contribution in [0.5, 0.6) is 0 Å². The molecule has 0 aliphatic heterocycles. The van der Waals surface area contributed by atoms with Crippen LogP contribution in [0, 0.1) is 0 Å². The molecule has 0 aromatic heterocycles. The molecule has 2 aromatic rings. The molecular formula is C19H29O2P. The summed E-state index contributed by atoms with van der Waals surface area (Å²) in [5.41, 5.74) is 2.10. The minimum absolute atomic E-state index is 0.404. The normalized spacial score (nSPS) is 12.0. The monoisotopic (exact) mass is 320 g/mol. The second kappa shape index (κ2) is 12.2. The van der Waals surface area contributed by atoms with Crippen LogP contribution >= 0.6 is 7.37 Å². The van der Waals surface area contributed by atoms with E-state index in [0.29, 0.717) is 12.8 Å². The smallest absolute Gasteiger partial charge is 0.204 e. The van der Waals surface area contributed by atoms with Crippen LogP contribution in [0.3, 0.4) is 0 Å². The zero-order chi connectivity index (χ0) is 16.8. The summed E-state index contributed by atoms with van der Waals surface area (Å²) in [4.78, 5) is 0. The Balaban J connectivity index is 0.00000102. The molecule has 2 nitrogen and oxygen atoms in total. The van der Waals surface area contributed by atoms with Crippen molar-refractivity contribution in [2.24, 2.45) is 0 Å². The van der Waals surface area contributed by atoms with Gasteiger partial charge in [-0.05, 0) is 11.1 Å². The molecule has 0 aliphatic carbocycles.